The lowest BCUT2D eigenvalue weighted by atomic mass is 9.90. The molecule has 0 radical (unpaired) electrons. The molecule has 0 bridgehead atoms. The third-order valence-corrected chi connectivity index (χ3v) is 5.43. The van der Waals surface area contributed by atoms with Gasteiger partial charge in [-0.3, -0.25) is 4.79 Å². The SMILES string of the molecule is O=C(Nc1ccc(F)cc1)c1ccc(N2CCC(Cc3ccccc3)CC2)cn1. The number of carbonyl (C=O) groups is 1. The first-order valence-corrected chi connectivity index (χ1v) is 9.99. The number of hydrogen-bond acceptors (Lipinski definition) is 3. The van der Waals surface area contributed by atoms with Gasteiger partial charge in [0.05, 0.1) is 11.9 Å². The Morgan fingerprint density at radius 3 is 2.38 bits per heavy atom. The van der Waals surface area contributed by atoms with Gasteiger partial charge in [0.2, 0.25) is 0 Å². The molecule has 0 unspecified atom stereocenters. The number of hydrogen-bond donors (Lipinski definition) is 1. The van der Waals surface area contributed by atoms with Gasteiger partial charge in [0.25, 0.3) is 5.91 Å². The molecule has 148 valence electrons. The van der Waals surface area contributed by atoms with Crippen molar-refractivity contribution >= 4 is 17.3 Å². The van der Waals surface area contributed by atoms with Gasteiger partial charge in [-0.15, -0.1) is 0 Å². The van der Waals surface area contributed by atoms with E-state index in [0.29, 0.717) is 17.3 Å². The number of aromatic nitrogens is 1. The lowest BCUT2D eigenvalue weighted by Crippen LogP contribution is -2.34. The second-order valence-corrected chi connectivity index (χ2v) is 7.48. The van der Waals surface area contributed by atoms with Crippen molar-refractivity contribution in [3.05, 3.63) is 90.0 Å². The fourth-order valence-electron chi connectivity index (χ4n) is 3.78. The molecule has 0 atom stereocenters. The van der Waals surface area contributed by atoms with Gasteiger partial charge < -0.3 is 10.2 Å². The zero-order chi connectivity index (χ0) is 20.1. The third-order valence-electron chi connectivity index (χ3n) is 5.43. The average molecular weight is 389 g/mol. The second kappa shape index (κ2) is 8.86. The first kappa shape index (κ1) is 19.1. The number of nitrogens with zero attached hydrogens (tertiary/aromatic N) is 2. The molecule has 1 aliphatic rings. The molecular formula is C24H24FN3O. The summed E-state index contributed by atoms with van der Waals surface area (Å²) in [6.45, 7) is 2.00. The lowest BCUT2D eigenvalue weighted by Gasteiger charge is -2.33. The first-order chi connectivity index (χ1) is 14.2. The van der Waals surface area contributed by atoms with Crippen LogP contribution in [0.5, 0.6) is 0 Å². The highest BCUT2D eigenvalue weighted by Gasteiger charge is 2.20. The van der Waals surface area contributed by atoms with E-state index < -0.39 is 0 Å². The molecule has 4 rings (SSSR count). The van der Waals surface area contributed by atoms with Crippen molar-refractivity contribution in [2.75, 3.05) is 23.3 Å². The van der Waals surface area contributed by atoms with E-state index in [9.17, 15) is 9.18 Å². The molecule has 1 fully saturated rings. The maximum Gasteiger partial charge on any atom is 0.274 e. The Morgan fingerprint density at radius 1 is 1.00 bits per heavy atom. The molecule has 2 aromatic carbocycles. The van der Waals surface area contributed by atoms with Crippen LogP contribution in [0, 0.1) is 11.7 Å². The van der Waals surface area contributed by atoms with Crippen LogP contribution in [0.15, 0.2) is 72.9 Å². The van der Waals surface area contributed by atoms with Gasteiger partial charge in [0.15, 0.2) is 0 Å². The summed E-state index contributed by atoms with van der Waals surface area (Å²) in [5.41, 5.74) is 3.34. The smallest absolute Gasteiger partial charge is 0.274 e. The van der Waals surface area contributed by atoms with Gasteiger partial charge in [-0.1, -0.05) is 30.3 Å². The molecule has 1 aliphatic heterocycles. The fraction of sp³-hybridized carbons (Fsp3) is 0.250. The second-order valence-electron chi connectivity index (χ2n) is 7.48. The number of anilines is 2. The van der Waals surface area contributed by atoms with Crippen LogP contribution in [0.2, 0.25) is 0 Å². The zero-order valence-electron chi connectivity index (χ0n) is 16.2. The summed E-state index contributed by atoms with van der Waals surface area (Å²) in [5, 5.41) is 2.73. The Hall–Kier alpha value is -3.21. The predicted octanol–water partition coefficient (Wildman–Crippen LogP) is 4.93. The molecule has 0 aliphatic carbocycles. The number of rotatable bonds is 5. The number of benzene rings is 2. The number of halogens is 1. The van der Waals surface area contributed by atoms with Gasteiger partial charge in [-0.2, -0.15) is 0 Å². The molecule has 0 saturated carbocycles. The number of amides is 1. The standard InChI is InChI=1S/C24H24FN3O/c25-20-6-8-21(9-7-20)27-24(29)23-11-10-22(17-26-23)28-14-12-19(13-15-28)16-18-4-2-1-3-5-18/h1-11,17,19H,12-16H2,(H,27,29). The van der Waals surface area contributed by atoms with E-state index in [1.165, 1.54) is 29.8 Å². The Bertz CT molecular complexity index is 934. The molecular weight excluding hydrogens is 365 g/mol. The molecule has 3 aromatic rings. The average Bonchev–Trinajstić information content (AvgIpc) is 2.77. The van der Waals surface area contributed by atoms with Crippen LogP contribution >= 0.6 is 0 Å². The molecule has 0 spiro atoms. The van der Waals surface area contributed by atoms with E-state index in [-0.39, 0.29) is 11.7 Å². The maximum atomic E-state index is 13.0. The van der Waals surface area contributed by atoms with Crippen LogP contribution in [0.4, 0.5) is 15.8 Å². The number of piperidine rings is 1. The molecule has 5 heteroatoms. The van der Waals surface area contributed by atoms with E-state index in [2.05, 4.69) is 45.5 Å². The van der Waals surface area contributed by atoms with Crippen molar-refractivity contribution in [3.8, 4) is 0 Å². The van der Waals surface area contributed by atoms with E-state index in [0.717, 1.165) is 38.0 Å². The third kappa shape index (κ3) is 4.99. The fourth-order valence-corrected chi connectivity index (χ4v) is 3.78. The van der Waals surface area contributed by atoms with Crippen LogP contribution in [-0.4, -0.2) is 24.0 Å². The Kier molecular flexibility index (Phi) is 5.84. The van der Waals surface area contributed by atoms with Crippen molar-refractivity contribution in [1.82, 2.24) is 4.98 Å². The molecule has 1 amide bonds. The minimum Gasteiger partial charge on any atom is -0.370 e. The van der Waals surface area contributed by atoms with Crippen LogP contribution in [0.1, 0.15) is 28.9 Å². The molecule has 29 heavy (non-hydrogen) atoms. The van der Waals surface area contributed by atoms with Crippen molar-refractivity contribution in [2.24, 2.45) is 5.92 Å². The van der Waals surface area contributed by atoms with Crippen molar-refractivity contribution in [2.45, 2.75) is 19.3 Å². The largest absolute Gasteiger partial charge is 0.370 e. The molecule has 1 aromatic heterocycles. The summed E-state index contributed by atoms with van der Waals surface area (Å²) in [6.07, 6.45) is 5.20. The van der Waals surface area contributed by atoms with Crippen LogP contribution in [0.25, 0.3) is 0 Å². The van der Waals surface area contributed by atoms with Crippen molar-refractivity contribution in [1.29, 1.82) is 0 Å². The Morgan fingerprint density at radius 2 is 1.72 bits per heavy atom. The van der Waals surface area contributed by atoms with E-state index in [1.54, 1.807) is 12.3 Å². The summed E-state index contributed by atoms with van der Waals surface area (Å²) >= 11 is 0. The highest BCUT2D eigenvalue weighted by atomic mass is 19.1. The number of nitrogens with one attached hydrogen (secondary N) is 1. The van der Waals surface area contributed by atoms with E-state index in [1.807, 2.05) is 6.07 Å². The van der Waals surface area contributed by atoms with Gasteiger partial charge >= 0.3 is 0 Å². The van der Waals surface area contributed by atoms with Crippen LogP contribution < -0.4 is 10.2 Å². The summed E-state index contributed by atoms with van der Waals surface area (Å²) in [5.74, 6) is 0.0742. The maximum absolute atomic E-state index is 13.0. The lowest BCUT2D eigenvalue weighted by molar-refractivity contribution is 0.102. The molecule has 1 saturated heterocycles. The number of pyridine rings is 1. The van der Waals surface area contributed by atoms with E-state index >= 15 is 0 Å². The first-order valence-electron chi connectivity index (χ1n) is 9.99. The van der Waals surface area contributed by atoms with Crippen LogP contribution in [0.3, 0.4) is 0 Å². The minimum absolute atomic E-state index is 0.301. The quantitative estimate of drug-likeness (QED) is 0.673. The Labute approximate surface area is 170 Å². The summed E-state index contributed by atoms with van der Waals surface area (Å²) in [6, 6.07) is 20.0. The summed E-state index contributed by atoms with van der Waals surface area (Å²) < 4.78 is 13.0. The highest BCUT2D eigenvalue weighted by Crippen LogP contribution is 2.25. The molecule has 1 N–H and O–H groups in total. The minimum atomic E-state index is -0.335. The Balaban J connectivity index is 1.31. The highest BCUT2D eigenvalue weighted by molar-refractivity contribution is 6.02. The summed E-state index contributed by atoms with van der Waals surface area (Å²) in [7, 11) is 0. The monoisotopic (exact) mass is 389 g/mol. The predicted molar refractivity (Wildman–Crippen MR) is 114 cm³/mol. The van der Waals surface area contributed by atoms with Gasteiger partial charge in [-0.25, -0.2) is 9.37 Å². The van der Waals surface area contributed by atoms with E-state index in [4.69, 9.17) is 0 Å². The zero-order valence-corrected chi connectivity index (χ0v) is 16.2. The normalized spacial score (nSPS) is 14.6. The van der Waals surface area contributed by atoms with Crippen LogP contribution in [-0.2, 0) is 6.42 Å². The number of carbonyl (C=O) groups excluding carboxylic acids is 1. The van der Waals surface area contributed by atoms with Gasteiger partial charge in [-0.05, 0) is 67.1 Å². The summed E-state index contributed by atoms with van der Waals surface area (Å²) in [4.78, 5) is 19.0. The molecule has 4 nitrogen and oxygen atoms in total. The van der Waals surface area contributed by atoms with Crippen molar-refractivity contribution in [3.63, 3.8) is 0 Å². The van der Waals surface area contributed by atoms with Gasteiger partial charge in [0.1, 0.15) is 11.5 Å². The topological polar surface area (TPSA) is 45.2 Å². The molecule has 2 heterocycles. The van der Waals surface area contributed by atoms with Gasteiger partial charge in [0, 0.05) is 18.8 Å². The van der Waals surface area contributed by atoms with Crippen molar-refractivity contribution < 1.29 is 9.18 Å².